The first kappa shape index (κ1) is 24.3. The normalized spacial score (nSPS) is 17.7. The number of hydrogen-bond acceptors (Lipinski definition) is 4. The molecular formula is C22H25F3N4O4. The molecule has 1 aromatic carbocycles. The van der Waals surface area contributed by atoms with Crippen molar-refractivity contribution in [3.05, 3.63) is 47.7 Å². The van der Waals surface area contributed by atoms with Crippen LogP contribution in [0.15, 0.2) is 36.5 Å². The lowest BCUT2D eigenvalue weighted by Crippen LogP contribution is -2.46. The molecule has 33 heavy (non-hydrogen) atoms. The molecule has 1 N–H and O–H groups in total. The molecule has 178 valence electrons. The molecule has 0 saturated carbocycles. The SMILES string of the molecule is Cc1ccccc1C(=O)N1CCC2(CC1)CCN(c1ccn(C)n1)C2=O.O=C(O)C(F)(F)F. The molecule has 2 aliphatic heterocycles. The van der Waals surface area contributed by atoms with Gasteiger partial charge in [-0.1, -0.05) is 18.2 Å². The number of hydrogen-bond donors (Lipinski definition) is 1. The summed E-state index contributed by atoms with van der Waals surface area (Å²) >= 11 is 0. The number of alkyl halides is 3. The third kappa shape index (κ3) is 5.18. The Bertz CT molecular complexity index is 1040. The number of carboxylic acid groups (broad SMARTS) is 1. The number of carbonyl (C=O) groups is 3. The van der Waals surface area contributed by atoms with Crippen LogP contribution in [0.25, 0.3) is 0 Å². The number of aryl methyl sites for hydroxylation is 2. The fourth-order valence-corrected chi connectivity index (χ4v) is 4.17. The van der Waals surface area contributed by atoms with E-state index in [1.165, 1.54) is 0 Å². The summed E-state index contributed by atoms with van der Waals surface area (Å²) in [5.41, 5.74) is 1.42. The Morgan fingerprint density at radius 3 is 2.15 bits per heavy atom. The van der Waals surface area contributed by atoms with Crippen molar-refractivity contribution in [3.63, 3.8) is 0 Å². The number of halogens is 3. The second-order valence-electron chi connectivity index (χ2n) is 8.24. The van der Waals surface area contributed by atoms with Gasteiger partial charge in [-0.15, -0.1) is 0 Å². The number of aromatic nitrogens is 2. The zero-order valence-electron chi connectivity index (χ0n) is 18.3. The van der Waals surface area contributed by atoms with E-state index in [4.69, 9.17) is 9.90 Å². The van der Waals surface area contributed by atoms with Crippen molar-refractivity contribution in [3.8, 4) is 0 Å². The molecule has 0 radical (unpaired) electrons. The smallest absolute Gasteiger partial charge is 0.475 e. The Labute approximate surface area is 188 Å². The van der Waals surface area contributed by atoms with E-state index in [9.17, 15) is 22.8 Å². The van der Waals surface area contributed by atoms with Crippen molar-refractivity contribution >= 4 is 23.6 Å². The highest BCUT2D eigenvalue weighted by atomic mass is 19.4. The molecule has 3 heterocycles. The van der Waals surface area contributed by atoms with E-state index < -0.39 is 12.1 Å². The van der Waals surface area contributed by atoms with Crippen molar-refractivity contribution in [2.75, 3.05) is 24.5 Å². The van der Waals surface area contributed by atoms with Gasteiger partial charge in [0.1, 0.15) is 0 Å². The number of aliphatic carboxylic acids is 1. The van der Waals surface area contributed by atoms with Gasteiger partial charge in [0.25, 0.3) is 5.91 Å². The predicted octanol–water partition coefficient (Wildman–Crippen LogP) is 3.02. The number of carboxylic acids is 1. The van der Waals surface area contributed by atoms with Crippen LogP contribution in [0, 0.1) is 12.3 Å². The number of piperidine rings is 1. The molecule has 0 bridgehead atoms. The van der Waals surface area contributed by atoms with Crippen molar-refractivity contribution in [2.24, 2.45) is 12.5 Å². The minimum Gasteiger partial charge on any atom is -0.475 e. The number of anilines is 1. The summed E-state index contributed by atoms with van der Waals surface area (Å²) in [7, 11) is 1.86. The minimum absolute atomic E-state index is 0.0741. The summed E-state index contributed by atoms with van der Waals surface area (Å²) < 4.78 is 33.5. The molecule has 11 heteroatoms. The highest BCUT2D eigenvalue weighted by Crippen LogP contribution is 2.43. The minimum atomic E-state index is -5.08. The van der Waals surface area contributed by atoms with Crippen LogP contribution in [0.3, 0.4) is 0 Å². The summed E-state index contributed by atoms with van der Waals surface area (Å²) in [6, 6.07) is 9.57. The average molecular weight is 466 g/mol. The van der Waals surface area contributed by atoms with Gasteiger partial charge >= 0.3 is 12.1 Å². The second-order valence-corrected chi connectivity index (χ2v) is 8.24. The number of benzene rings is 1. The van der Waals surface area contributed by atoms with E-state index in [0.717, 1.165) is 36.2 Å². The van der Waals surface area contributed by atoms with Crippen LogP contribution >= 0.6 is 0 Å². The summed E-state index contributed by atoms with van der Waals surface area (Å²) in [5, 5.41) is 11.5. The number of nitrogens with zero attached hydrogens (tertiary/aromatic N) is 4. The molecule has 1 spiro atoms. The van der Waals surface area contributed by atoms with E-state index in [0.29, 0.717) is 19.6 Å². The van der Waals surface area contributed by atoms with Gasteiger partial charge in [-0.2, -0.15) is 18.3 Å². The molecule has 2 aliphatic rings. The van der Waals surface area contributed by atoms with E-state index in [2.05, 4.69) is 5.10 Å². The monoisotopic (exact) mass is 466 g/mol. The number of likely N-dealkylation sites (tertiary alicyclic amines) is 1. The highest BCUT2D eigenvalue weighted by Gasteiger charge is 2.49. The zero-order valence-corrected chi connectivity index (χ0v) is 18.3. The molecule has 1 aromatic heterocycles. The number of amides is 2. The van der Waals surface area contributed by atoms with Gasteiger partial charge in [0.15, 0.2) is 5.82 Å². The molecule has 2 fully saturated rings. The van der Waals surface area contributed by atoms with Crippen molar-refractivity contribution in [1.29, 1.82) is 0 Å². The van der Waals surface area contributed by atoms with Crippen LogP contribution in [0.2, 0.25) is 0 Å². The second kappa shape index (κ2) is 9.24. The first-order valence-electron chi connectivity index (χ1n) is 10.4. The molecule has 0 unspecified atom stereocenters. The van der Waals surface area contributed by atoms with Gasteiger partial charge in [0.05, 0.1) is 5.41 Å². The van der Waals surface area contributed by atoms with Crippen LogP contribution in [0.1, 0.15) is 35.2 Å². The molecule has 2 saturated heterocycles. The maximum atomic E-state index is 13.1. The molecule has 0 atom stereocenters. The lowest BCUT2D eigenvalue weighted by molar-refractivity contribution is -0.192. The molecule has 4 rings (SSSR count). The Morgan fingerprint density at radius 2 is 1.64 bits per heavy atom. The van der Waals surface area contributed by atoms with E-state index in [1.807, 2.05) is 55.4 Å². The summed E-state index contributed by atoms with van der Waals surface area (Å²) in [6.07, 6.45) is -0.925. The van der Waals surface area contributed by atoms with Crippen LogP contribution in [0.4, 0.5) is 19.0 Å². The first-order valence-corrected chi connectivity index (χ1v) is 10.4. The van der Waals surface area contributed by atoms with Gasteiger partial charge in [-0.3, -0.25) is 19.2 Å². The van der Waals surface area contributed by atoms with Crippen LogP contribution in [-0.4, -0.2) is 63.4 Å². The van der Waals surface area contributed by atoms with E-state index in [1.54, 1.807) is 9.58 Å². The Morgan fingerprint density at radius 1 is 1.06 bits per heavy atom. The topological polar surface area (TPSA) is 95.7 Å². The Balaban J connectivity index is 0.000000383. The van der Waals surface area contributed by atoms with Gasteiger partial charge in [-0.05, 0) is 37.8 Å². The zero-order chi connectivity index (χ0) is 24.4. The third-order valence-electron chi connectivity index (χ3n) is 6.11. The quantitative estimate of drug-likeness (QED) is 0.734. The number of carbonyl (C=O) groups excluding carboxylic acids is 2. The van der Waals surface area contributed by atoms with Gasteiger partial charge in [0.2, 0.25) is 5.91 Å². The van der Waals surface area contributed by atoms with Gasteiger partial charge in [-0.25, -0.2) is 4.79 Å². The molecule has 8 nitrogen and oxygen atoms in total. The van der Waals surface area contributed by atoms with Gasteiger partial charge < -0.3 is 10.0 Å². The molecule has 0 aliphatic carbocycles. The van der Waals surface area contributed by atoms with Gasteiger partial charge in [0, 0.05) is 44.5 Å². The van der Waals surface area contributed by atoms with Crippen molar-refractivity contribution in [1.82, 2.24) is 14.7 Å². The fourth-order valence-electron chi connectivity index (χ4n) is 4.17. The maximum Gasteiger partial charge on any atom is 0.490 e. The van der Waals surface area contributed by atoms with E-state index >= 15 is 0 Å². The Hall–Kier alpha value is -3.37. The van der Waals surface area contributed by atoms with E-state index in [-0.39, 0.29) is 17.2 Å². The average Bonchev–Trinajstić information content (AvgIpc) is 3.32. The predicted molar refractivity (Wildman–Crippen MR) is 113 cm³/mol. The third-order valence-corrected chi connectivity index (χ3v) is 6.11. The first-order chi connectivity index (χ1) is 15.4. The van der Waals surface area contributed by atoms with Crippen LogP contribution < -0.4 is 4.90 Å². The molecular weight excluding hydrogens is 441 g/mol. The molecule has 2 aromatic rings. The van der Waals surface area contributed by atoms with Crippen molar-refractivity contribution in [2.45, 2.75) is 32.4 Å². The van der Waals surface area contributed by atoms with Crippen LogP contribution in [-0.2, 0) is 16.6 Å². The standard InChI is InChI=1S/C20H24N4O2.C2HF3O2/c1-15-5-3-4-6-16(15)18(25)23-12-8-20(9-13-23)10-14-24(19(20)26)17-7-11-22(2)21-17;3-2(4,5)1(6)7/h3-7,11H,8-10,12-14H2,1-2H3;(H,6,7). The van der Waals surface area contributed by atoms with Crippen LogP contribution in [0.5, 0.6) is 0 Å². The fraction of sp³-hybridized carbons (Fsp3) is 0.455. The maximum absolute atomic E-state index is 13.1. The largest absolute Gasteiger partial charge is 0.490 e. The van der Waals surface area contributed by atoms with Crippen molar-refractivity contribution < 1.29 is 32.7 Å². The Kier molecular flexibility index (Phi) is 6.80. The lowest BCUT2D eigenvalue weighted by Gasteiger charge is -2.38. The summed E-state index contributed by atoms with van der Waals surface area (Å²) in [5.74, 6) is -1.79. The highest BCUT2D eigenvalue weighted by molar-refractivity contribution is 6.00. The number of rotatable bonds is 2. The lowest BCUT2D eigenvalue weighted by atomic mass is 9.77. The summed E-state index contributed by atoms with van der Waals surface area (Å²) in [6.45, 7) is 3.94. The molecule has 2 amide bonds. The summed E-state index contributed by atoms with van der Waals surface area (Å²) in [4.78, 5) is 38.5.